The summed E-state index contributed by atoms with van der Waals surface area (Å²) in [4.78, 5) is 27.0. The Morgan fingerprint density at radius 3 is 2.57 bits per heavy atom. The van der Waals surface area contributed by atoms with Gasteiger partial charge in [-0.25, -0.2) is 14.8 Å². The minimum atomic E-state index is -4.94. The van der Waals surface area contributed by atoms with Gasteiger partial charge in [-0.15, -0.1) is 0 Å². The molecule has 1 aliphatic heterocycles. The quantitative estimate of drug-likeness (QED) is 0.517. The van der Waals surface area contributed by atoms with E-state index in [1.165, 1.54) is 36.2 Å². The summed E-state index contributed by atoms with van der Waals surface area (Å²) in [6.45, 7) is 7.03. The summed E-state index contributed by atoms with van der Waals surface area (Å²) in [5, 5.41) is 13.6. The van der Waals surface area contributed by atoms with E-state index in [0.29, 0.717) is 49.3 Å². The molecule has 1 aliphatic rings. The van der Waals surface area contributed by atoms with Crippen LogP contribution >= 0.6 is 0 Å². The second-order valence-corrected chi connectivity index (χ2v) is 10.0. The number of halogens is 3. The predicted molar refractivity (Wildman–Crippen MR) is 128 cm³/mol. The number of nitrogens with one attached hydrogen (secondary N) is 1. The minimum Gasteiger partial charge on any atom is -0.496 e. The molecule has 0 radical (unpaired) electrons. The van der Waals surface area contributed by atoms with Gasteiger partial charge in [-0.1, -0.05) is 0 Å². The number of carbonyl (C=O) groups excluding carboxylic acids is 1. The zero-order chi connectivity index (χ0) is 27.2. The summed E-state index contributed by atoms with van der Waals surface area (Å²) >= 11 is 0. The fourth-order valence-corrected chi connectivity index (χ4v) is 4.02. The van der Waals surface area contributed by atoms with Gasteiger partial charge in [-0.3, -0.25) is 9.38 Å². The first-order valence-corrected chi connectivity index (χ1v) is 11.6. The molecule has 0 aromatic carbocycles. The van der Waals surface area contributed by atoms with Crippen LogP contribution in [0.2, 0.25) is 0 Å². The van der Waals surface area contributed by atoms with Crippen molar-refractivity contribution in [3.05, 3.63) is 36.4 Å². The maximum atomic E-state index is 13.6. The fraction of sp³-hybridized carbons (Fsp3) is 0.500. The number of hydrogen-bond donors (Lipinski definition) is 2. The zero-order valence-corrected chi connectivity index (χ0v) is 21.1. The Morgan fingerprint density at radius 1 is 1.19 bits per heavy atom. The minimum absolute atomic E-state index is 0.0861. The van der Waals surface area contributed by atoms with Crippen molar-refractivity contribution in [2.45, 2.75) is 57.5 Å². The molecule has 10 nitrogen and oxygen atoms in total. The molecule has 0 spiro atoms. The average Bonchev–Trinajstić information content (AvgIpc) is 3.43. The van der Waals surface area contributed by atoms with E-state index in [2.05, 4.69) is 20.3 Å². The van der Waals surface area contributed by atoms with Crippen molar-refractivity contribution >= 4 is 17.6 Å². The van der Waals surface area contributed by atoms with E-state index >= 15 is 0 Å². The molecule has 1 saturated heterocycles. The number of imidazole rings is 1. The number of anilines is 1. The maximum absolute atomic E-state index is 13.6. The molecule has 3 aromatic rings. The van der Waals surface area contributed by atoms with Crippen molar-refractivity contribution in [3.63, 3.8) is 0 Å². The third kappa shape index (κ3) is 5.41. The first-order valence-electron chi connectivity index (χ1n) is 11.6. The highest BCUT2D eigenvalue weighted by Gasteiger charge is 2.53. The molecule has 3 aromatic heterocycles. The Morgan fingerprint density at radius 2 is 1.92 bits per heavy atom. The van der Waals surface area contributed by atoms with Gasteiger partial charge in [0.2, 0.25) is 0 Å². The number of pyridine rings is 1. The molecule has 1 fully saturated rings. The number of likely N-dealkylation sites (tertiary alicyclic amines) is 1. The Hall–Kier alpha value is -3.61. The van der Waals surface area contributed by atoms with Crippen LogP contribution in [0.1, 0.15) is 39.7 Å². The molecular weight excluding hydrogens is 493 g/mol. The average molecular weight is 523 g/mol. The number of aromatic nitrogens is 4. The second kappa shape index (κ2) is 9.36. The van der Waals surface area contributed by atoms with Crippen LogP contribution in [0.5, 0.6) is 5.75 Å². The molecule has 37 heavy (non-hydrogen) atoms. The Bertz CT molecular complexity index is 1300. The fourth-order valence-electron chi connectivity index (χ4n) is 4.02. The number of methoxy groups -OCH3 is 1. The van der Waals surface area contributed by atoms with Gasteiger partial charge in [-0.05, 0) is 34.1 Å². The van der Waals surface area contributed by atoms with Crippen molar-refractivity contribution in [2.24, 2.45) is 0 Å². The summed E-state index contributed by atoms with van der Waals surface area (Å²) < 4.78 is 52.7. The van der Waals surface area contributed by atoms with E-state index in [1.807, 2.05) is 0 Å². The van der Waals surface area contributed by atoms with Crippen LogP contribution in [0.25, 0.3) is 17.0 Å². The van der Waals surface area contributed by atoms with E-state index in [0.717, 1.165) is 6.20 Å². The second-order valence-electron chi connectivity index (χ2n) is 10.0. The van der Waals surface area contributed by atoms with E-state index in [-0.39, 0.29) is 17.9 Å². The van der Waals surface area contributed by atoms with Crippen molar-refractivity contribution in [1.29, 1.82) is 0 Å². The van der Waals surface area contributed by atoms with Crippen LogP contribution < -0.4 is 10.1 Å². The highest BCUT2D eigenvalue weighted by Crippen LogP contribution is 2.43. The van der Waals surface area contributed by atoms with Crippen LogP contribution in [0.15, 0.2) is 30.9 Å². The van der Waals surface area contributed by atoms with Crippen LogP contribution in [-0.4, -0.2) is 73.5 Å². The molecule has 13 heteroatoms. The Kier molecular flexibility index (Phi) is 6.69. The Labute approximate surface area is 211 Å². The van der Waals surface area contributed by atoms with Crippen molar-refractivity contribution in [2.75, 3.05) is 25.5 Å². The number of fused-ring (bicyclic) bond motifs is 1. The van der Waals surface area contributed by atoms with E-state index < -0.39 is 22.9 Å². The highest BCUT2D eigenvalue weighted by molar-refractivity contribution is 5.69. The number of ether oxygens (including phenoxy) is 2. The maximum Gasteiger partial charge on any atom is 0.421 e. The third-order valence-electron chi connectivity index (χ3n) is 5.99. The summed E-state index contributed by atoms with van der Waals surface area (Å²) in [6.07, 6.45) is 0.927. The van der Waals surface area contributed by atoms with Gasteiger partial charge in [0.1, 0.15) is 28.5 Å². The topological polar surface area (TPSA) is 114 Å². The lowest BCUT2D eigenvalue weighted by atomic mass is 9.96. The summed E-state index contributed by atoms with van der Waals surface area (Å²) in [6, 6.07) is 1.23. The normalized spacial score (nSPS) is 18.1. The predicted octanol–water partition coefficient (Wildman–Crippen LogP) is 3.99. The zero-order valence-electron chi connectivity index (χ0n) is 21.1. The van der Waals surface area contributed by atoms with Gasteiger partial charge in [0.25, 0.3) is 0 Å². The molecule has 4 rings (SSSR count). The monoisotopic (exact) mass is 522 g/mol. The lowest BCUT2D eigenvalue weighted by molar-refractivity contribution is -0.259. The standard InChI is InChI=1S/C24H29F3N6O4/c1-22(2,3)37-21(34)32-7-6-14(12-32)30-19-11-28-9-16(31-19)17-10-29-20-8-18(36-5)15(13-33(17)20)23(4,35)24(25,26)27/h8-11,13-14,35H,6-7,12H2,1-5H3,(H,30,31)/t14-,23?/m1/s1. The number of carbonyl (C=O) groups is 1. The van der Waals surface area contributed by atoms with Crippen molar-refractivity contribution in [3.8, 4) is 17.1 Å². The van der Waals surface area contributed by atoms with Gasteiger partial charge >= 0.3 is 12.3 Å². The number of hydrogen-bond acceptors (Lipinski definition) is 8. The van der Waals surface area contributed by atoms with Gasteiger partial charge in [0.15, 0.2) is 5.60 Å². The molecule has 0 aliphatic carbocycles. The molecule has 1 amide bonds. The lowest BCUT2D eigenvalue weighted by Crippen LogP contribution is -2.39. The molecular formula is C24H29F3N6O4. The van der Waals surface area contributed by atoms with Gasteiger partial charge in [0, 0.05) is 31.4 Å². The largest absolute Gasteiger partial charge is 0.496 e. The van der Waals surface area contributed by atoms with Crippen molar-refractivity contribution in [1.82, 2.24) is 24.3 Å². The molecule has 1 unspecified atom stereocenters. The highest BCUT2D eigenvalue weighted by atomic mass is 19.4. The first kappa shape index (κ1) is 26.5. The van der Waals surface area contributed by atoms with E-state index in [1.54, 1.807) is 25.7 Å². The lowest BCUT2D eigenvalue weighted by Gasteiger charge is -2.28. The first-order chi connectivity index (χ1) is 17.2. The molecule has 0 saturated carbocycles. The Balaban J connectivity index is 1.59. The van der Waals surface area contributed by atoms with Gasteiger partial charge < -0.3 is 24.8 Å². The molecule has 200 valence electrons. The van der Waals surface area contributed by atoms with Crippen LogP contribution in [-0.2, 0) is 10.3 Å². The van der Waals surface area contributed by atoms with Crippen LogP contribution in [0, 0.1) is 0 Å². The van der Waals surface area contributed by atoms with E-state index in [9.17, 15) is 23.1 Å². The molecule has 4 heterocycles. The SMILES string of the molecule is COc1cc2ncc(-c3cncc(N[C@@H]4CCN(C(=O)OC(C)(C)C)C4)n3)n2cc1C(C)(O)C(F)(F)F. The summed E-state index contributed by atoms with van der Waals surface area (Å²) in [5.41, 5.74) is -3.20. The van der Waals surface area contributed by atoms with Crippen molar-refractivity contribution < 1.29 is 32.5 Å². The molecule has 2 atom stereocenters. The smallest absolute Gasteiger partial charge is 0.421 e. The summed E-state index contributed by atoms with van der Waals surface area (Å²) in [7, 11) is 1.22. The number of alkyl halides is 3. The van der Waals surface area contributed by atoms with Gasteiger partial charge in [-0.2, -0.15) is 13.2 Å². The number of rotatable bonds is 5. The number of aliphatic hydroxyl groups is 1. The van der Waals surface area contributed by atoms with Crippen LogP contribution in [0.3, 0.4) is 0 Å². The van der Waals surface area contributed by atoms with Crippen LogP contribution in [0.4, 0.5) is 23.8 Å². The number of amides is 1. The molecule has 0 bridgehead atoms. The number of nitrogens with zero attached hydrogens (tertiary/aromatic N) is 5. The van der Waals surface area contributed by atoms with Gasteiger partial charge in [0.05, 0.1) is 37.0 Å². The summed E-state index contributed by atoms with van der Waals surface area (Å²) in [5.74, 6) is 0.281. The molecule has 2 N–H and O–H groups in total. The third-order valence-corrected chi connectivity index (χ3v) is 5.99. The van der Waals surface area contributed by atoms with E-state index in [4.69, 9.17) is 9.47 Å².